The van der Waals surface area contributed by atoms with E-state index in [1.165, 1.54) is 12.1 Å². The van der Waals surface area contributed by atoms with E-state index in [9.17, 15) is 18.0 Å². The lowest BCUT2D eigenvalue weighted by Crippen LogP contribution is -2.13. The summed E-state index contributed by atoms with van der Waals surface area (Å²) >= 11 is 0. The summed E-state index contributed by atoms with van der Waals surface area (Å²) in [6.45, 7) is 1.38. The molecule has 0 aliphatic heterocycles. The van der Waals surface area contributed by atoms with Crippen LogP contribution in [0.15, 0.2) is 36.4 Å². The molecule has 9 heteroatoms. The fraction of sp³-hybridized carbons (Fsp3) is 0.350. The Balaban J connectivity index is 2.18. The van der Waals surface area contributed by atoms with E-state index in [1.54, 1.807) is 25.1 Å². The van der Waals surface area contributed by atoms with Gasteiger partial charge in [0.1, 0.15) is 5.75 Å². The Hall–Kier alpha value is -2.78. The smallest absolute Gasteiger partial charge is 0.416 e. The van der Waals surface area contributed by atoms with Crippen LogP contribution in [0.2, 0.25) is 0 Å². The van der Waals surface area contributed by atoms with Gasteiger partial charge < -0.3 is 25.6 Å². The molecular weight excluding hydrogens is 389 g/mol. The topological polar surface area (TPSA) is 90.8 Å². The Kier molecular flexibility index (Phi) is 7.86. The minimum absolute atomic E-state index is 0.0291. The van der Waals surface area contributed by atoms with E-state index in [2.05, 4.69) is 10.6 Å². The van der Waals surface area contributed by atoms with Gasteiger partial charge in [-0.1, -0.05) is 12.1 Å². The zero-order chi connectivity index (χ0) is 21.4. The molecule has 0 bridgehead atoms. The molecule has 0 unspecified atom stereocenters. The second kappa shape index (κ2) is 10.1. The SMILES string of the molecule is CCOc1cc(NC(=O)CCO)ccc1CNc1ccc(CO)c(C(F)(F)F)c1. The minimum atomic E-state index is -4.57. The van der Waals surface area contributed by atoms with Crippen LogP contribution in [0.3, 0.4) is 0 Å². The van der Waals surface area contributed by atoms with Gasteiger partial charge in [0.2, 0.25) is 5.91 Å². The van der Waals surface area contributed by atoms with Crippen LogP contribution >= 0.6 is 0 Å². The normalized spacial score (nSPS) is 11.2. The number of carbonyl (C=O) groups is 1. The van der Waals surface area contributed by atoms with E-state index < -0.39 is 18.3 Å². The molecule has 4 N–H and O–H groups in total. The van der Waals surface area contributed by atoms with Crippen molar-refractivity contribution in [3.05, 3.63) is 53.1 Å². The number of anilines is 2. The van der Waals surface area contributed by atoms with Crippen LogP contribution in [0, 0.1) is 0 Å². The predicted molar refractivity (Wildman–Crippen MR) is 103 cm³/mol. The summed E-state index contributed by atoms with van der Waals surface area (Å²) in [5.41, 5.74) is 0.337. The first-order valence-corrected chi connectivity index (χ1v) is 8.99. The van der Waals surface area contributed by atoms with Crippen molar-refractivity contribution in [2.45, 2.75) is 32.7 Å². The minimum Gasteiger partial charge on any atom is -0.493 e. The van der Waals surface area contributed by atoms with Gasteiger partial charge in [-0.15, -0.1) is 0 Å². The monoisotopic (exact) mass is 412 g/mol. The van der Waals surface area contributed by atoms with Gasteiger partial charge in [0.05, 0.1) is 31.8 Å². The third-order valence-electron chi connectivity index (χ3n) is 4.06. The third kappa shape index (κ3) is 6.37. The lowest BCUT2D eigenvalue weighted by atomic mass is 10.1. The number of alkyl halides is 3. The number of nitrogens with one attached hydrogen (secondary N) is 2. The van der Waals surface area contributed by atoms with Crippen LogP contribution in [0.5, 0.6) is 5.75 Å². The molecule has 6 nitrogen and oxygen atoms in total. The number of ether oxygens (including phenoxy) is 1. The standard InChI is InChI=1S/C20H23F3N2O4/c1-2-29-18-10-16(25-19(28)7-8-26)6-3-13(18)11-24-15-5-4-14(12-27)17(9-15)20(21,22)23/h3-6,9-10,24,26-27H,2,7-8,11-12H2,1H3,(H,25,28). The van der Waals surface area contributed by atoms with Crippen LogP contribution in [0.4, 0.5) is 24.5 Å². The van der Waals surface area contributed by atoms with Crippen LogP contribution in [-0.2, 0) is 24.1 Å². The molecule has 29 heavy (non-hydrogen) atoms. The van der Waals surface area contributed by atoms with Crippen LogP contribution in [0.25, 0.3) is 0 Å². The van der Waals surface area contributed by atoms with Crippen LogP contribution in [-0.4, -0.2) is 29.3 Å². The van der Waals surface area contributed by atoms with Gasteiger partial charge in [0, 0.05) is 29.5 Å². The summed E-state index contributed by atoms with van der Waals surface area (Å²) in [5, 5.41) is 23.5. The molecule has 1 amide bonds. The fourth-order valence-electron chi connectivity index (χ4n) is 2.68. The predicted octanol–water partition coefficient (Wildman–Crippen LogP) is 3.53. The van der Waals surface area contributed by atoms with Gasteiger partial charge in [-0.2, -0.15) is 13.2 Å². The van der Waals surface area contributed by atoms with Crippen molar-refractivity contribution in [2.75, 3.05) is 23.8 Å². The third-order valence-corrected chi connectivity index (χ3v) is 4.06. The van der Waals surface area contributed by atoms with Crippen molar-refractivity contribution < 1.29 is 32.9 Å². The van der Waals surface area contributed by atoms with E-state index in [1.807, 2.05) is 0 Å². The summed E-state index contributed by atoms with van der Waals surface area (Å²) in [6.07, 6.45) is -4.60. The molecule has 0 saturated carbocycles. The van der Waals surface area contributed by atoms with E-state index >= 15 is 0 Å². The number of amides is 1. The highest BCUT2D eigenvalue weighted by molar-refractivity contribution is 5.91. The number of halogens is 3. The molecule has 2 rings (SSSR count). The quantitative estimate of drug-likeness (QED) is 0.506. The van der Waals surface area contributed by atoms with Crippen molar-refractivity contribution in [3.63, 3.8) is 0 Å². The van der Waals surface area contributed by atoms with Crippen LogP contribution < -0.4 is 15.4 Å². The first-order valence-electron chi connectivity index (χ1n) is 8.99. The summed E-state index contributed by atoms with van der Waals surface area (Å²) in [7, 11) is 0. The zero-order valence-electron chi connectivity index (χ0n) is 15.8. The zero-order valence-corrected chi connectivity index (χ0v) is 15.8. The second-order valence-corrected chi connectivity index (χ2v) is 6.16. The molecular formula is C20H23F3N2O4. The average molecular weight is 412 g/mol. The van der Waals surface area contributed by atoms with Gasteiger partial charge >= 0.3 is 6.18 Å². The molecule has 0 fully saturated rings. The highest BCUT2D eigenvalue weighted by atomic mass is 19.4. The number of benzene rings is 2. The molecule has 0 radical (unpaired) electrons. The van der Waals surface area contributed by atoms with E-state index in [0.717, 1.165) is 6.07 Å². The van der Waals surface area contributed by atoms with Crippen molar-refractivity contribution in [2.24, 2.45) is 0 Å². The van der Waals surface area contributed by atoms with Gasteiger partial charge in [-0.25, -0.2) is 0 Å². The summed E-state index contributed by atoms with van der Waals surface area (Å²) < 4.78 is 45.0. The first kappa shape index (κ1) is 22.5. The molecule has 0 atom stereocenters. The number of hydrogen-bond donors (Lipinski definition) is 4. The molecule has 0 saturated heterocycles. The first-order chi connectivity index (χ1) is 13.8. The number of aliphatic hydroxyl groups is 2. The van der Waals surface area contributed by atoms with E-state index in [4.69, 9.17) is 14.9 Å². The van der Waals surface area contributed by atoms with Crippen molar-refractivity contribution >= 4 is 17.3 Å². The fourth-order valence-corrected chi connectivity index (χ4v) is 2.68. The van der Waals surface area contributed by atoms with Gasteiger partial charge in [-0.05, 0) is 30.7 Å². The van der Waals surface area contributed by atoms with Gasteiger partial charge in [0.15, 0.2) is 0 Å². The highest BCUT2D eigenvalue weighted by Gasteiger charge is 2.33. The molecule has 0 spiro atoms. The molecule has 158 valence electrons. The van der Waals surface area contributed by atoms with Crippen molar-refractivity contribution in [1.82, 2.24) is 0 Å². The molecule has 0 heterocycles. The largest absolute Gasteiger partial charge is 0.493 e. The Morgan fingerprint density at radius 2 is 1.76 bits per heavy atom. The Morgan fingerprint density at radius 3 is 2.38 bits per heavy atom. The lowest BCUT2D eigenvalue weighted by Gasteiger charge is -2.16. The maximum absolute atomic E-state index is 13.1. The Labute approximate surface area is 166 Å². The number of hydrogen-bond acceptors (Lipinski definition) is 5. The summed E-state index contributed by atoms with van der Waals surface area (Å²) in [6, 6.07) is 8.60. The second-order valence-electron chi connectivity index (χ2n) is 6.16. The number of rotatable bonds is 9. The maximum atomic E-state index is 13.1. The van der Waals surface area contributed by atoms with Gasteiger partial charge in [-0.3, -0.25) is 4.79 Å². The highest BCUT2D eigenvalue weighted by Crippen LogP contribution is 2.34. The summed E-state index contributed by atoms with van der Waals surface area (Å²) in [5.74, 6) is 0.134. The maximum Gasteiger partial charge on any atom is 0.416 e. The number of carbonyl (C=O) groups excluding carboxylic acids is 1. The molecule has 0 aromatic heterocycles. The molecule has 0 aliphatic carbocycles. The van der Waals surface area contributed by atoms with E-state index in [-0.39, 0.29) is 36.7 Å². The molecule has 2 aromatic rings. The van der Waals surface area contributed by atoms with Crippen molar-refractivity contribution in [3.8, 4) is 5.75 Å². The average Bonchev–Trinajstić information content (AvgIpc) is 2.67. The number of aliphatic hydroxyl groups excluding tert-OH is 2. The molecule has 2 aromatic carbocycles. The lowest BCUT2D eigenvalue weighted by molar-refractivity contribution is -0.138. The van der Waals surface area contributed by atoms with Crippen LogP contribution in [0.1, 0.15) is 30.0 Å². The summed E-state index contributed by atoms with van der Waals surface area (Å²) in [4.78, 5) is 11.6. The Bertz CT molecular complexity index is 841. The van der Waals surface area contributed by atoms with E-state index in [0.29, 0.717) is 23.6 Å². The van der Waals surface area contributed by atoms with Gasteiger partial charge in [0.25, 0.3) is 0 Å². The molecule has 0 aliphatic rings. The Morgan fingerprint density at radius 1 is 1.07 bits per heavy atom. The van der Waals surface area contributed by atoms with Crippen molar-refractivity contribution in [1.29, 1.82) is 0 Å².